The molecule has 0 heteroatoms. The molecule has 0 amide bonds. The lowest BCUT2D eigenvalue weighted by Crippen LogP contribution is -2.21. The van der Waals surface area contributed by atoms with Gasteiger partial charge in [0.2, 0.25) is 0 Å². The molecule has 0 aromatic rings. The van der Waals surface area contributed by atoms with E-state index in [-0.39, 0.29) is 0 Å². The van der Waals surface area contributed by atoms with Gasteiger partial charge in [-0.3, -0.25) is 0 Å². The van der Waals surface area contributed by atoms with Crippen LogP contribution < -0.4 is 0 Å². The highest BCUT2D eigenvalue weighted by molar-refractivity contribution is 4.75. The minimum Gasteiger partial charge on any atom is -0.0654 e. The predicted octanol–water partition coefficient (Wildman–Crippen LogP) is 11.9. The van der Waals surface area contributed by atoms with E-state index in [4.69, 9.17) is 0 Å². The Kier molecular flexibility index (Phi) is 21.8. The molecule has 0 bridgehead atoms. The standard InChI is InChI=1S/C31H64/c1-7-9-10-11-12-13-14-15-19-22-25-28-31(5,6)30(4)27-24-21-18-16-17-20-23-26-29(3)8-2/h29-30H,7-28H2,1-6H3. The minimum absolute atomic E-state index is 0.537. The molecule has 0 nitrogen and oxygen atoms in total. The second-order valence-corrected chi connectivity index (χ2v) is 11.7. The lowest BCUT2D eigenvalue weighted by Gasteiger charge is -2.32. The van der Waals surface area contributed by atoms with E-state index in [1.807, 2.05) is 0 Å². The van der Waals surface area contributed by atoms with Gasteiger partial charge in [-0.25, -0.2) is 0 Å². The molecule has 2 atom stereocenters. The van der Waals surface area contributed by atoms with Crippen LogP contribution in [0.2, 0.25) is 0 Å². The Labute approximate surface area is 200 Å². The van der Waals surface area contributed by atoms with Crippen molar-refractivity contribution in [2.45, 2.75) is 183 Å². The summed E-state index contributed by atoms with van der Waals surface area (Å²) in [6, 6.07) is 0. The fourth-order valence-corrected chi connectivity index (χ4v) is 4.91. The maximum atomic E-state index is 2.53. The van der Waals surface area contributed by atoms with Gasteiger partial charge in [-0.2, -0.15) is 0 Å². The molecule has 0 aromatic heterocycles. The molecule has 0 radical (unpaired) electrons. The van der Waals surface area contributed by atoms with Crippen LogP contribution in [-0.4, -0.2) is 0 Å². The fraction of sp³-hybridized carbons (Fsp3) is 1.00. The van der Waals surface area contributed by atoms with E-state index in [0.717, 1.165) is 11.8 Å². The summed E-state index contributed by atoms with van der Waals surface area (Å²) in [5.74, 6) is 1.82. The molecular formula is C31H64. The molecule has 0 N–H and O–H groups in total. The SMILES string of the molecule is CCCCCCCCCCCCCC(C)(C)C(C)CCCCCCCCCC(C)CC. The Hall–Kier alpha value is 0. The predicted molar refractivity (Wildman–Crippen MR) is 145 cm³/mol. The molecular weight excluding hydrogens is 372 g/mol. The quantitative estimate of drug-likeness (QED) is 0.132. The van der Waals surface area contributed by atoms with Gasteiger partial charge in [0.25, 0.3) is 0 Å². The Morgan fingerprint density at radius 2 is 0.871 bits per heavy atom. The van der Waals surface area contributed by atoms with Crippen LogP contribution in [0.4, 0.5) is 0 Å². The molecule has 0 aliphatic heterocycles. The highest BCUT2D eigenvalue weighted by atomic mass is 14.3. The fourth-order valence-electron chi connectivity index (χ4n) is 4.91. The van der Waals surface area contributed by atoms with Gasteiger partial charge in [0.1, 0.15) is 0 Å². The Morgan fingerprint density at radius 1 is 0.484 bits per heavy atom. The Morgan fingerprint density at radius 3 is 1.32 bits per heavy atom. The average molecular weight is 437 g/mol. The van der Waals surface area contributed by atoms with E-state index in [1.54, 1.807) is 0 Å². The summed E-state index contributed by atoms with van der Waals surface area (Å²) in [5, 5.41) is 0. The van der Waals surface area contributed by atoms with Gasteiger partial charge < -0.3 is 0 Å². The minimum atomic E-state index is 0.537. The normalized spacial score (nSPS) is 14.1. The van der Waals surface area contributed by atoms with Crippen LogP contribution in [0.5, 0.6) is 0 Å². The lowest BCUT2D eigenvalue weighted by molar-refractivity contribution is 0.189. The van der Waals surface area contributed by atoms with E-state index in [2.05, 4.69) is 41.5 Å². The van der Waals surface area contributed by atoms with Gasteiger partial charge in [0, 0.05) is 0 Å². The molecule has 31 heavy (non-hydrogen) atoms. The Bertz CT molecular complexity index is 342. The highest BCUT2D eigenvalue weighted by Gasteiger charge is 2.24. The zero-order chi connectivity index (χ0) is 23.2. The zero-order valence-electron chi connectivity index (χ0n) is 23.2. The van der Waals surface area contributed by atoms with Crippen molar-refractivity contribution >= 4 is 0 Å². The third-order valence-electron chi connectivity index (χ3n) is 8.29. The van der Waals surface area contributed by atoms with Crippen LogP contribution in [-0.2, 0) is 0 Å². The van der Waals surface area contributed by atoms with Gasteiger partial charge >= 0.3 is 0 Å². The van der Waals surface area contributed by atoms with Gasteiger partial charge in [-0.05, 0) is 23.7 Å². The van der Waals surface area contributed by atoms with Crippen LogP contribution in [0.25, 0.3) is 0 Å². The van der Waals surface area contributed by atoms with E-state index < -0.39 is 0 Å². The van der Waals surface area contributed by atoms with Crippen LogP contribution in [0, 0.1) is 17.3 Å². The van der Waals surface area contributed by atoms with Crippen molar-refractivity contribution in [2.24, 2.45) is 17.3 Å². The molecule has 2 unspecified atom stereocenters. The Balaban J connectivity index is 3.51. The van der Waals surface area contributed by atoms with E-state index in [9.17, 15) is 0 Å². The molecule has 0 aliphatic rings. The molecule has 0 rings (SSSR count). The second-order valence-electron chi connectivity index (χ2n) is 11.7. The first-order valence-corrected chi connectivity index (χ1v) is 14.9. The van der Waals surface area contributed by atoms with Crippen LogP contribution >= 0.6 is 0 Å². The monoisotopic (exact) mass is 437 g/mol. The molecule has 0 heterocycles. The molecule has 0 aliphatic carbocycles. The molecule has 0 saturated heterocycles. The van der Waals surface area contributed by atoms with E-state index in [0.29, 0.717) is 5.41 Å². The molecule has 188 valence electrons. The molecule has 0 aromatic carbocycles. The van der Waals surface area contributed by atoms with Crippen molar-refractivity contribution in [3.63, 3.8) is 0 Å². The largest absolute Gasteiger partial charge is 0.0654 e. The summed E-state index contributed by atoms with van der Waals surface area (Å²) in [6.07, 6.45) is 31.9. The third kappa shape index (κ3) is 20.3. The third-order valence-corrected chi connectivity index (χ3v) is 8.29. The van der Waals surface area contributed by atoms with E-state index >= 15 is 0 Å². The van der Waals surface area contributed by atoms with Crippen molar-refractivity contribution in [1.82, 2.24) is 0 Å². The zero-order valence-corrected chi connectivity index (χ0v) is 23.2. The maximum absolute atomic E-state index is 2.53. The summed E-state index contributed by atoms with van der Waals surface area (Å²) in [7, 11) is 0. The summed E-state index contributed by atoms with van der Waals surface area (Å²) in [6.45, 7) is 14.6. The summed E-state index contributed by atoms with van der Waals surface area (Å²) < 4.78 is 0. The first-order valence-electron chi connectivity index (χ1n) is 14.9. The number of hydrogen-bond donors (Lipinski definition) is 0. The summed E-state index contributed by atoms with van der Waals surface area (Å²) in [5.41, 5.74) is 0.537. The second kappa shape index (κ2) is 21.8. The van der Waals surface area contributed by atoms with Crippen molar-refractivity contribution in [3.05, 3.63) is 0 Å². The van der Waals surface area contributed by atoms with Crippen molar-refractivity contribution < 1.29 is 0 Å². The summed E-state index contributed by atoms with van der Waals surface area (Å²) >= 11 is 0. The van der Waals surface area contributed by atoms with Crippen molar-refractivity contribution in [3.8, 4) is 0 Å². The van der Waals surface area contributed by atoms with Crippen molar-refractivity contribution in [1.29, 1.82) is 0 Å². The van der Waals surface area contributed by atoms with Crippen LogP contribution in [0.1, 0.15) is 183 Å². The first-order chi connectivity index (χ1) is 14.9. The highest BCUT2D eigenvalue weighted by Crippen LogP contribution is 2.36. The lowest BCUT2D eigenvalue weighted by atomic mass is 9.74. The molecule has 0 fully saturated rings. The van der Waals surface area contributed by atoms with Crippen LogP contribution in [0.15, 0.2) is 0 Å². The molecule has 0 spiro atoms. The van der Waals surface area contributed by atoms with Crippen molar-refractivity contribution in [2.75, 3.05) is 0 Å². The topological polar surface area (TPSA) is 0 Å². The summed E-state index contributed by atoms with van der Waals surface area (Å²) in [4.78, 5) is 0. The molecule has 0 saturated carbocycles. The van der Waals surface area contributed by atoms with Gasteiger partial charge in [0.15, 0.2) is 0 Å². The maximum Gasteiger partial charge on any atom is -0.0329 e. The van der Waals surface area contributed by atoms with Gasteiger partial charge in [-0.15, -0.1) is 0 Å². The number of rotatable bonds is 24. The number of unbranched alkanes of at least 4 members (excludes halogenated alkanes) is 16. The van der Waals surface area contributed by atoms with Gasteiger partial charge in [-0.1, -0.05) is 176 Å². The first kappa shape index (κ1) is 31.0. The van der Waals surface area contributed by atoms with E-state index in [1.165, 1.54) is 141 Å². The number of hydrogen-bond acceptors (Lipinski definition) is 0. The van der Waals surface area contributed by atoms with Crippen LogP contribution in [0.3, 0.4) is 0 Å². The van der Waals surface area contributed by atoms with Gasteiger partial charge in [0.05, 0.1) is 0 Å². The average Bonchev–Trinajstić information content (AvgIpc) is 2.75. The smallest absolute Gasteiger partial charge is 0.0329 e.